The van der Waals surface area contributed by atoms with Gasteiger partial charge in [-0.25, -0.2) is 0 Å². The van der Waals surface area contributed by atoms with Gasteiger partial charge in [-0.3, -0.25) is 5.10 Å². The van der Waals surface area contributed by atoms with Crippen LogP contribution in [0.3, 0.4) is 0 Å². The van der Waals surface area contributed by atoms with E-state index in [2.05, 4.69) is 25.4 Å². The summed E-state index contributed by atoms with van der Waals surface area (Å²) in [5.41, 5.74) is 0.697. The number of aromatic amines is 1. The van der Waals surface area contributed by atoms with Crippen LogP contribution in [0.15, 0.2) is 18.2 Å². The third-order valence-electron chi connectivity index (χ3n) is 3.30. The predicted octanol–water partition coefficient (Wildman–Crippen LogP) is 2.58. The molecule has 2 aromatic rings. The number of halogens is 2. The minimum absolute atomic E-state index is 0.567. The van der Waals surface area contributed by atoms with Gasteiger partial charge in [-0.2, -0.15) is 4.98 Å². The van der Waals surface area contributed by atoms with Gasteiger partial charge < -0.3 is 10.2 Å². The largest absolute Gasteiger partial charge is 0.338 e. The van der Waals surface area contributed by atoms with Crippen LogP contribution in [0, 0.1) is 0 Å². The third-order valence-corrected chi connectivity index (χ3v) is 3.93. The molecule has 5 nitrogen and oxygen atoms in total. The van der Waals surface area contributed by atoms with Crippen LogP contribution >= 0.6 is 23.2 Å². The molecular weight excluding hydrogens is 297 g/mol. The summed E-state index contributed by atoms with van der Waals surface area (Å²) in [4.78, 5) is 6.69. The molecule has 1 aromatic heterocycles. The summed E-state index contributed by atoms with van der Waals surface area (Å²) < 4.78 is 0. The van der Waals surface area contributed by atoms with Gasteiger partial charge in [0.15, 0.2) is 5.82 Å². The highest BCUT2D eigenvalue weighted by Gasteiger charge is 2.17. The first kappa shape index (κ1) is 13.7. The SMILES string of the molecule is Clc1cccc(Cl)c1-c1nc(N2CCCNCC2)n[nH]1. The van der Waals surface area contributed by atoms with E-state index in [4.69, 9.17) is 23.2 Å². The van der Waals surface area contributed by atoms with Crippen LogP contribution in [0.4, 0.5) is 5.95 Å². The van der Waals surface area contributed by atoms with Gasteiger partial charge in [0, 0.05) is 19.6 Å². The van der Waals surface area contributed by atoms with E-state index in [1.807, 2.05) is 6.07 Å². The summed E-state index contributed by atoms with van der Waals surface area (Å²) in [5.74, 6) is 1.30. The van der Waals surface area contributed by atoms with Crippen molar-refractivity contribution in [1.82, 2.24) is 20.5 Å². The summed E-state index contributed by atoms with van der Waals surface area (Å²) in [6, 6.07) is 5.40. The van der Waals surface area contributed by atoms with Gasteiger partial charge >= 0.3 is 0 Å². The molecule has 7 heteroatoms. The molecule has 1 fully saturated rings. The summed E-state index contributed by atoms with van der Waals surface area (Å²) in [6.45, 7) is 3.81. The van der Waals surface area contributed by atoms with Crippen molar-refractivity contribution in [3.05, 3.63) is 28.2 Å². The molecule has 3 rings (SSSR count). The van der Waals surface area contributed by atoms with Crippen molar-refractivity contribution in [2.24, 2.45) is 0 Å². The van der Waals surface area contributed by atoms with Crippen molar-refractivity contribution in [3.8, 4) is 11.4 Å². The first-order valence-corrected chi connectivity index (χ1v) is 7.34. The second-order valence-corrected chi connectivity index (χ2v) is 5.49. The van der Waals surface area contributed by atoms with Crippen molar-refractivity contribution < 1.29 is 0 Å². The maximum Gasteiger partial charge on any atom is 0.245 e. The zero-order valence-electron chi connectivity index (χ0n) is 10.9. The van der Waals surface area contributed by atoms with E-state index in [0.29, 0.717) is 27.4 Å². The van der Waals surface area contributed by atoms with E-state index < -0.39 is 0 Å². The number of nitrogens with one attached hydrogen (secondary N) is 2. The molecule has 1 saturated heterocycles. The van der Waals surface area contributed by atoms with Crippen LogP contribution in [-0.4, -0.2) is 41.4 Å². The van der Waals surface area contributed by atoms with Crippen molar-refractivity contribution in [1.29, 1.82) is 0 Å². The van der Waals surface area contributed by atoms with Crippen LogP contribution in [-0.2, 0) is 0 Å². The number of aromatic nitrogens is 3. The van der Waals surface area contributed by atoms with Crippen molar-refractivity contribution >= 4 is 29.2 Å². The fourth-order valence-corrected chi connectivity index (χ4v) is 2.85. The molecule has 1 aliphatic heterocycles. The average Bonchev–Trinajstić information content (AvgIpc) is 2.74. The van der Waals surface area contributed by atoms with Crippen molar-refractivity contribution in [2.75, 3.05) is 31.1 Å². The van der Waals surface area contributed by atoms with Crippen LogP contribution in [0.1, 0.15) is 6.42 Å². The average molecular weight is 312 g/mol. The molecule has 0 bridgehead atoms. The first-order chi connectivity index (χ1) is 9.75. The van der Waals surface area contributed by atoms with Gasteiger partial charge in [0.25, 0.3) is 0 Å². The highest BCUT2D eigenvalue weighted by Crippen LogP contribution is 2.32. The molecule has 0 aliphatic carbocycles. The van der Waals surface area contributed by atoms with E-state index in [0.717, 1.165) is 32.6 Å². The lowest BCUT2D eigenvalue weighted by molar-refractivity contribution is 0.724. The number of anilines is 1. The van der Waals surface area contributed by atoms with Gasteiger partial charge in [-0.15, -0.1) is 5.10 Å². The molecule has 106 valence electrons. The molecule has 0 amide bonds. The Kier molecular flexibility index (Phi) is 4.10. The third kappa shape index (κ3) is 2.75. The molecule has 0 radical (unpaired) electrons. The fraction of sp³-hybridized carbons (Fsp3) is 0.385. The predicted molar refractivity (Wildman–Crippen MR) is 81.5 cm³/mol. The minimum Gasteiger partial charge on any atom is -0.338 e. The van der Waals surface area contributed by atoms with Gasteiger partial charge in [0.05, 0.1) is 15.6 Å². The molecule has 0 spiro atoms. The van der Waals surface area contributed by atoms with Gasteiger partial charge in [-0.05, 0) is 25.1 Å². The topological polar surface area (TPSA) is 56.8 Å². The quantitative estimate of drug-likeness (QED) is 0.895. The normalized spacial score (nSPS) is 16.2. The number of hydrogen-bond donors (Lipinski definition) is 2. The van der Waals surface area contributed by atoms with E-state index in [1.165, 1.54) is 0 Å². The lowest BCUT2D eigenvalue weighted by Crippen LogP contribution is -2.28. The van der Waals surface area contributed by atoms with Crippen LogP contribution in [0.5, 0.6) is 0 Å². The summed E-state index contributed by atoms with van der Waals surface area (Å²) in [7, 11) is 0. The summed E-state index contributed by atoms with van der Waals surface area (Å²) >= 11 is 12.4. The molecule has 0 unspecified atom stereocenters. The highest BCUT2D eigenvalue weighted by molar-refractivity contribution is 6.38. The van der Waals surface area contributed by atoms with E-state index in [9.17, 15) is 0 Å². The zero-order chi connectivity index (χ0) is 13.9. The lowest BCUT2D eigenvalue weighted by atomic mass is 10.2. The number of hydrogen-bond acceptors (Lipinski definition) is 4. The van der Waals surface area contributed by atoms with Crippen molar-refractivity contribution in [2.45, 2.75) is 6.42 Å². The molecule has 2 heterocycles. The zero-order valence-corrected chi connectivity index (χ0v) is 12.4. The van der Waals surface area contributed by atoms with Crippen LogP contribution in [0.25, 0.3) is 11.4 Å². The molecule has 2 N–H and O–H groups in total. The Bertz CT molecular complexity index is 570. The summed E-state index contributed by atoms with van der Waals surface area (Å²) in [6.07, 6.45) is 1.08. The maximum absolute atomic E-state index is 6.19. The van der Waals surface area contributed by atoms with Gasteiger partial charge in [0.2, 0.25) is 5.95 Å². The smallest absolute Gasteiger partial charge is 0.245 e. The number of rotatable bonds is 2. The van der Waals surface area contributed by atoms with Crippen LogP contribution < -0.4 is 10.2 Å². The first-order valence-electron chi connectivity index (χ1n) is 6.58. The molecule has 1 aromatic carbocycles. The Hall–Kier alpha value is -1.30. The molecule has 20 heavy (non-hydrogen) atoms. The Morgan fingerprint density at radius 3 is 2.70 bits per heavy atom. The second kappa shape index (κ2) is 5.99. The second-order valence-electron chi connectivity index (χ2n) is 4.67. The molecule has 1 aliphatic rings. The monoisotopic (exact) mass is 311 g/mol. The minimum atomic E-state index is 0.567. The fourth-order valence-electron chi connectivity index (χ4n) is 2.28. The standard InChI is InChI=1S/C13H15Cl2N5/c14-9-3-1-4-10(15)11(9)12-17-13(19-18-12)20-7-2-5-16-6-8-20/h1,3-4,16H,2,5-8H2,(H,17,18,19). The summed E-state index contributed by atoms with van der Waals surface area (Å²) in [5, 5.41) is 11.7. The highest BCUT2D eigenvalue weighted by atomic mass is 35.5. The Morgan fingerprint density at radius 1 is 1.10 bits per heavy atom. The molecule has 0 atom stereocenters. The number of H-pyrrole nitrogens is 1. The van der Waals surface area contributed by atoms with Crippen molar-refractivity contribution in [3.63, 3.8) is 0 Å². The van der Waals surface area contributed by atoms with E-state index >= 15 is 0 Å². The van der Waals surface area contributed by atoms with E-state index in [-0.39, 0.29) is 0 Å². The van der Waals surface area contributed by atoms with Gasteiger partial charge in [0.1, 0.15) is 0 Å². The number of benzene rings is 1. The molecular formula is C13H15Cl2N5. The van der Waals surface area contributed by atoms with E-state index in [1.54, 1.807) is 12.1 Å². The number of nitrogens with zero attached hydrogens (tertiary/aromatic N) is 3. The Labute approximate surface area is 127 Å². The van der Waals surface area contributed by atoms with Gasteiger partial charge in [-0.1, -0.05) is 29.3 Å². The Morgan fingerprint density at radius 2 is 1.90 bits per heavy atom. The van der Waals surface area contributed by atoms with Crippen LogP contribution in [0.2, 0.25) is 10.0 Å². The lowest BCUT2D eigenvalue weighted by Gasteiger charge is -2.16. The molecule has 0 saturated carbocycles. The Balaban J connectivity index is 1.90. The maximum atomic E-state index is 6.19.